The zero-order valence-electron chi connectivity index (χ0n) is 8.42. The molecule has 4 N–H and O–H groups in total. The molecular formula is C9H22N2O2. The van der Waals surface area contributed by atoms with E-state index >= 15 is 0 Å². The van der Waals surface area contributed by atoms with E-state index in [1.807, 2.05) is 0 Å². The van der Waals surface area contributed by atoms with Crippen LogP contribution in [0.5, 0.6) is 0 Å². The Kier molecular flexibility index (Phi) is 9.80. The standard InChI is InChI=1S/C9H22N2O2/c1-2-3-4-9(10-5-7-12)11-6-8-13/h9-13H,2-8H2,1H3. The second-order valence-electron chi connectivity index (χ2n) is 3.05. The van der Waals surface area contributed by atoms with E-state index < -0.39 is 0 Å². The molecule has 0 aromatic rings. The molecule has 0 rings (SSSR count). The van der Waals surface area contributed by atoms with Crippen molar-refractivity contribution in [2.45, 2.75) is 32.4 Å². The van der Waals surface area contributed by atoms with Gasteiger partial charge in [0.2, 0.25) is 0 Å². The molecule has 0 unspecified atom stereocenters. The number of hydrogen-bond acceptors (Lipinski definition) is 4. The molecule has 80 valence electrons. The summed E-state index contributed by atoms with van der Waals surface area (Å²) in [6, 6.07) is 0. The zero-order valence-corrected chi connectivity index (χ0v) is 8.42. The van der Waals surface area contributed by atoms with Crippen molar-refractivity contribution in [3.05, 3.63) is 0 Å². The molecule has 13 heavy (non-hydrogen) atoms. The molecule has 0 amide bonds. The van der Waals surface area contributed by atoms with E-state index in [1.54, 1.807) is 0 Å². The summed E-state index contributed by atoms with van der Waals surface area (Å²) in [5.74, 6) is 0. The van der Waals surface area contributed by atoms with E-state index in [9.17, 15) is 0 Å². The molecule has 0 aromatic heterocycles. The third-order valence-electron chi connectivity index (χ3n) is 1.85. The molecule has 0 spiro atoms. The first kappa shape index (κ1) is 12.8. The molecule has 4 nitrogen and oxygen atoms in total. The minimum absolute atomic E-state index is 0.156. The first-order chi connectivity index (χ1) is 6.35. The number of unbranched alkanes of at least 4 members (excludes halogenated alkanes) is 1. The minimum Gasteiger partial charge on any atom is -0.395 e. The molecule has 0 aliphatic carbocycles. The largest absolute Gasteiger partial charge is 0.395 e. The summed E-state index contributed by atoms with van der Waals surface area (Å²) in [5, 5.41) is 23.6. The van der Waals surface area contributed by atoms with Crippen LogP contribution in [0.3, 0.4) is 0 Å². The molecule has 0 atom stereocenters. The monoisotopic (exact) mass is 190 g/mol. The lowest BCUT2D eigenvalue weighted by Crippen LogP contribution is -2.44. The predicted octanol–water partition coefficient (Wildman–Crippen LogP) is -0.333. The van der Waals surface area contributed by atoms with Gasteiger partial charge in [0.1, 0.15) is 0 Å². The number of nitrogens with one attached hydrogen (secondary N) is 2. The maximum Gasteiger partial charge on any atom is 0.0573 e. The van der Waals surface area contributed by atoms with Crippen molar-refractivity contribution in [3.63, 3.8) is 0 Å². The van der Waals surface area contributed by atoms with Gasteiger partial charge in [-0.25, -0.2) is 0 Å². The molecule has 0 heterocycles. The van der Waals surface area contributed by atoms with E-state index in [0.29, 0.717) is 13.1 Å². The van der Waals surface area contributed by atoms with Gasteiger partial charge in [-0.3, -0.25) is 10.6 Å². The summed E-state index contributed by atoms with van der Waals surface area (Å²) in [7, 11) is 0. The Morgan fingerprint density at radius 1 is 1.08 bits per heavy atom. The molecule has 0 radical (unpaired) electrons. The minimum atomic E-state index is 0.156. The first-order valence-corrected chi connectivity index (χ1v) is 5.03. The van der Waals surface area contributed by atoms with Gasteiger partial charge in [-0.05, 0) is 6.42 Å². The van der Waals surface area contributed by atoms with Gasteiger partial charge in [-0.1, -0.05) is 19.8 Å². The van der Waals surface area contributed by atoms with E-state index in [0.717, 1.165) is 19.3 Å². The summed E-state index contributed by atoms with van der Waals surface area (Å²) in [6.45, 7) is 3.67. The van der Waals surface area contributed by atoms with Gasteiger partial charge in [0.15, 0.2) is 0 Å². The van der Waals surface area contributed by atoms with Gasteiger partial charge in [0.25, 0.3) is 0 Å². The van der Waals surface area contributed by atoms with Crippen LogP contribution < -0.4 is 10.6 Å². The lowest BCUT2D eigenvalue weighted by Gasteiger charge is -2.18. The number of hydrogen-bond donors (Lipinski definition) is 4. The highest BCUT2D eigenvalue weighted by Crippen LogP contribution is 1.97. The zero-order chi connectivity index (χ0) is 9.94. The fourth-order valence-electron chi connectivity index (χ4n) is 1.16. The third kappa shape index (κ3) is 8.18. The van der Waals surface area contributed by atoms with Crippen LogP contribution in [-0.2, 0) is 0 Å². The maximum atomic E-state index is 8.63. The van der Waals surface area contributed by atoms with Crippen LogP contribution in [0, 0.1) is 0 Å². The highest BCUT2D eigenvalue weighted by molar-refractivity contribution is 4.63. The summed E-state index contributed by atoms with van der Waals surface area (Å²) in [6.07, 6.45) is 3.58. The van der Waals surface area contributed by atoms with E-state index in [4.69, 9.17) is 10.2 Å². The fraction of sp³-hybridized carbons (Fsp3) is 1.00. The Balaban J connectivity index is 3.47. The number of aliphatic hydroxyl groups is 2. The average Bonchev–Trinajstić information content (AvgIpc) is 2.17. The van der Waals surface area contributed by atoms with E-state index in [1.165, 1.54) is 0 Å². The van der Waals surface area contributed by atoms with Crippen LogP contribution in [-0.4, -0.2) is 42.7 Å². The average molecular weight is 190 g/mol. The Hall–Kier alpha value is -0.160. The quantitative estimate of drug-likeness (QED) is 0.376. The fourth-order valence-corrected chi connectivity index (χ4v) is 1.16. The SMILES string of the molecule is CCCCC(NCCO)NCCO. The Labute approximate surface area is 80.3 Å². The lowest BCUT2D eigenvalue weighted by molar-refractivity contribution is 0.253. The Morgan fingerprint density at radius 2 is 1.62 bits per heavy atom. The van der Waals surface area contributed by atoms with Gasteiger partial charge in [0.05, 0.1) is 19.4 Å². The van der Waals surface area contributed by atoms with Crippen molar-refractivity contribution in [2.24, 2.45) is 0 Å². The van der Waals surface area contributed by atoms with Crippen molar-refractivity contribution in [2.75, 3.05) is 26.3 Å². The van der Waals surface area contributed by atoms with E-state index in [2.05, 4.69) is 17.6 Å². The molecule has 0 aromatic carbocycles. The van der Waals surface area contributed by atoms with Crippen molar-refractivity contribution < 1.29 is 10.2 Å². The lowest BCUT2D eigenvalue weighted by atomic mass is 10.2. The molecular weight excluding hydrogens is 168 g/mol. The molecule has 0 bridgehead atoms. The summed E-state index contributed by atoms with van der Waals surface area (Å²) < 4.78 is 0. The van der Waals surface area contributed by atoms with Crippen LogP contribution in [0.25, 0.3) is 0 Å². The van der Waals surface area contributed by atoms with Gasteiger partial charge >= 0.3 is 0 Å². The summed E-state index contributed by atoms with van der Waals surface area (Å²) in [4.78, 5) is 0. The van der Waals surface area contributed by atoms with Gasteiger partial charge in [-0.2, -0.15) is 0 Å². The number of rotatable bonds is 9. The summed E-state index contributed by atoms with van der Waals surface area (Å²) in [5.41, 5.74) is 0. The van der Waals surface area contributed by atoms with Gasteiger partial charge in [-0.15, -0.1) is 0 Å². The third-order valence-corrected chi connectivity index (χ3v) is 1.85. The normalized spacial score (nSPS) is 11.1. The Morgan fingerprint density at radius 3 is 2.00 bits per heavy atom. The van der Waals surface area contributed by atoms with Crippen LogP contribution in [0.2, 0.25) is 0 Å². The predicted molar refractivity (Wildman–Crippen MR) is 53.5 cm³/mol. The summed E-state index contributed by atoms with van der Waals surface area (Å²) >= 11 is 0. The molecule has 0 saturated carbocycles. The van der Waals surface area contributed by atoms with Gasteiger partial charge in [0, 0.05) is 13.1 Å². The van der Waals surface area contributed by atoms with Crippen molar-refractivity contribution in [3.8, 4) is 0 Å². The smallest absolute Gasteiger partial charge is 0.0573 e. The van der Waals surface area contributed by atoms with Crippen LogP contribution in [0.1, 0.15) is 26.2 Å². The Bertz CT molecular complexity index is 82.6. The number of aliphatic hydroxyl groups excluding tert-OH is 2. The van der Waals surface area contributed by atoms with Crippen LogP contribution in [0.15, 0.2) is 0 Å². The first-order valence-electron chi connectivity index (χ1n) is 5.03. The van der Waals surface area contributed by atoms with E-state index in [-0.39, 0.29) is 19.4 Å². The van der Waals surface area contributed by atoms with Crippen molar-refractivity contribution in [1.29, 1.82) is 0 Å². The molecule has 0 saturated heterocycles. The topological polar surface area (TPSA) is 64.5 Å². The molecule has 0 aliphatic rings. The van der Waals surface area contributed by atoms with Crippen molar-refractivity contribution >= 4 is 0 Å². The van der Waals surface area contributed by atoms with Gasteiger partial charge < -0.3 is 10.2 Å². The second-order valence-corrected chi connectivity index (χ2v) is 3.05. The molecule has 4 heteroatoms. The second kappa shape index (κ2) is 9.92. The molecule has 0 fully saturated rings. The van der Waals surface area contributed by atoms with Crippen LogP contribution in [0.4, 0.5) is 0 Å². The van der Waals surface area contributed by atoms with Crippen molar-refractivity contribution in [1.82, 2.24) is 10.6 Å². The molecule has 0 aliphatic heterocycles. The highest BCUT2D eigenvalue weighted by Gasteiger charge is 2.04. The highest BCUT2D eigenvalue weighted by atomic mass is 16.3. The van der Waals surface area contributed by atoms with Crippen LogP contribution >= 0.6 is 0 Å². The maximum absolute atomic E-state index is 8.63.